The molecule has 1 radical (unpaired) electrons. The van der Waals surface area contributed by atoms with Crippen molar-refractivity contribution in [1.82, 2.24) is 19.9 Å². The third-order valence-corrected chi connectivity index (χ3v) is 15.6. The number of carboxylic acid groups (broad SMARTS) is 4. The van der Waals surface area contributed by atoms with Crippen LogP contribution in [0, 0.1) is 0 Å². The van der Waals surface area contributed by atoms with Gasteiger partial charge in [0.15, 0.2) is 51.0 Å². The minimum Gasteiger partial charge on any atom is -1.00 e. The van der Waals surface area contributed by atoms with E-state index in [2.05, 4.69) is 18.3 Å². The largest absolute Gasteiger partial charge is 3.00 e. The van der Waals surface area contributed by atoms with Crippen LogP contribution in [0.5, 0.6) is 0 Å². The summed E-state index contributed by atoms with van der Waals surface area (Å²) in [5.41, 5.74) is 14.0. The van der Waals surface area contributed by atoms with Crippen LogP contribution in [0.15, 0.2) is 219 Å². The van der Waals surface area contributed by atoms with E-state index in [1.807, 2.05) is 146 Å². The molecule has 18 heteroatoms. The minimum absolute atomic E-state index is 0. The van der Waals surface area contributed by atoms with Gasteiger partial charge in [-0.05, 0) is 70.8 Å². The van der Waals surface area contributed by atoms with Crippen LogP contribution in [0.3, 0.4) is 0 Å². The number of carbonyl (C=O) groups excluding carboxylic acids is 4. The Morgan fingerprint density at radius 3 is 0.722 bits per heavy atom. The van der Waals surface area contributed by atoms with Gasteiger partial charge in [0.05, 0.1) is 68.9 Å². The van der Waals surface area contributed by atoms with E-state index < -0.39 is 23.9 Å². The zero-order chi connectivity index (χ0) is 60.4. The van der Waals surface area contributed by atoms with Crippen LogP contribution >= 0.6 is 0 Å². The first-order chi connectivity index (χ1) is 42.9. The zero-order valence-corrected chi connectivity index (χ0v) is 49.4. The van der Waals surface area contributed by atoms with Gasteiger partial charge in [-0.15, -0.1) is 22.1 Å². The van der Waals surface area contributed by atoms with Crippen molar-refractivity contribution >= 4 is 70.2 Å². The fourth-order valence-corrected chi connectivity index (χ4v) is 11.3. The van der Waals surface area contributed by atoms with E-state index in [-0.39, 0.29) is 51.7 Å². The Kier molecular flexibility index (Phi) is 17.5. The van der Waals surface area contributed by atoms with Crippen molar-refractivity contribution in [2.24, 2.45) is 0 Å². The number of aromatic nitrogens is 8. The Hall–Kier alpha value is -11.2. The van der Waals surface area contributed by atoms with E-state index in [1.54, 1.807) is 48.5 Å². The molecular weight excluding hydrogens is 1200 g/mol. The standard InChI is InChI=1S/C72H50N8O8.ClH.Fe/c81-69(82)49-21-13-45(14-22-49)41-77-37-5-1-9-61(77)65-53-29-31-55(73-53)66(62-10-2-6-38-78(62)42-46-15-23-50(24-16-46)70(83)84)57-33-35-59(75-57)68(64-12-4-8-40-80(64)44-48-19-27-52(28-20-48)72(87)88)60-36-34-58(76-60)67(56-32-30-54(65)74-56)63-11-3-7-39-79(63)43-47-17-25-51(26-18-47)71(85)86;;/h1-40H,41-44H2,(H2-3,73,74,75,76,81,82,83,84,85,86,87,88);1H;/q;;+3/p-3. The summed E-state index contributed by atoms with van der Waals surface area (Å²) in [6.45, 7) is 1.39. The molecule has 4 aromatic carbocycles. The minimum atomic E-state index is -1.27. The van der Waals surface area contributed by atoms with Crippen LogP contribution in [0.2, 0.25) is 0 Å². The molecule has 8 bridgehead atoms. The second-order valence-corrected chi connectivity index (χ2v) is 21.2. The Morgan fingerprint density at radius 1 is 0.311 bits per heavy atom. The molecule has 0 saturated heterocycles. The first kappa shape index (κ1) is 60.5. The van der Waals surface area contributed by atoms with Gasteiger partial charge in [-0.25, -0.2) is 9.97 Å². The van der Waals surface area contributed by atoms with Crippen molar-refractivity contribution < 1.29 is 87.3 Å². The molecule has 0 amide bonds. The SMILES string of the molecule is O=C([O-])c1ccc(C[n+]2ccccc2-c2c3nc(c(-c4cccc[n+]4Cc4ccc(C(=O)[O-])cc4)c4ccc([n-]4)c(-c4cccc[n+]4Cc4ccc(C(=O)[O-])cc4)c4nc(c(-c5cccc[n+]5Cc5ccc(C(=O)[O-])cc5)c5ccc2[n-]5)C=C4)C=C3)cc1.[Cl-].[Fe+3]. The van der Waals surface area contributed by atoms with Crippen molar-refractivity contribution in [2.45, 2.75) is 26.2 Å². The average Bonchev–Trinajstić information content (AvgIpc) is 1.79. The van der Waals surface area contributed by atoms with Gasteiger partial charge in [-0.2, -0.15) is 18.3 Å². The summed E-state index contributed by atoms with van der Waals surface area (Å²) in [7, 11) is 0. The van der Waals surface area contributed by atoms with Crippen LogP contribution in [-0.2, 0) is 43.2 Å². The molecule has 439 valence electrons. The molecule has 16 nitrogen and oxygen atoms in total. The topological polar surface area (TPSA) is 230 Å². The predicted molar refractivity (Wildman–Crippen MR) is 319 cm³/mol. The van der Waals surface area contributed by atoms with Crippen LogP contribution in [0.25, 0.3) is 91.4 Å². The smallest absolute Gasteiger partial charge is 1.00 e. The van der Waals surface area contributed by atoms with E-state index >= 15 is 0 Å². The van der Waals surface area contributed by atoms with E-state index in [9.17, 15) is 39.6 Å². The third kappa shape index (κ3) is 12.4. The Balaban J connectivity index is 0.00000417. The van der Waals surface area contributed by atoms with E-state index in [0.29, 0.717) is 93.3 Å². The first-order valence-electron chi connectivity index (χ1n) is 28.1. The molecular formula is C72H48ClFeN8O8. The van der Waals surface area contributed by atoms with Gasteiger partial charge < -0.3 is 62.0 Å². The summed E-state index contributed by atoms with van der Waals surface area (Å²) >= 11 is 0. The van der Waals surface area contributed by atoms with Gasteiger partial charge >= 0.3 is 17.1 Å². The van der Waals surface area contributed by atoms with Gasteiger partial charge in [0.25, 0.3) is 0 Å². The molecule has 0 unspecified atom stereocenters. The molecule has 0 N–H and O–H groups in total. The molecule has 0 aliphatic carbocycles. The molecule has 0 fully saturated rings. The third-order valence-electron chi connectivity index (χ3n) is 15.6. The number of hydrogen-bond donors (Lipinski definition) is 0. The fourth-order valence-electron chi connectivity index (χ4n) is 11.3. The van der Waals surface area contributed by atoms with Crippen molar-refractivity contribution in [2.75, 3.05) is 0 Å². The molecule has 2 aliphatic rings. The molecule has 0 spiro atoms. The number of aromatic carboxylic acids is 4. The number of hydrogen-bond acceptors (Lipinski definition) is 10. The molecule has 2 aliphatic heterocycles. The van der Waals surface area contributed by atoms with Gasteiger partial charge in [0.2, 0.25) is 22.8 Å². The van der Waals surface area contributed by atoms with Crippen LogP contribution in [-0.4, -0.2) is 33.8 Å². The predicted octanol–water partition coefficient (Wildman–Crippen LogP) is 2.38. The molecule has 7 aromatic heterocycles. The van der Waals surface area contributed by atoms with E-state index in [1.165, 1.54) is 48.5 Å². The van der Waals surface area contributed by atoms with Crippen molar-refractivity contribution in [3.8, 4) is 45.0 Å². The summed E-state index contributed by atoms with van der Waals surface area (Å²) in [5, 5.41) is 47.2. The molecule has 9 heterocycles. The summed E-state index contributed by atoms with van der Waals surface area (Å²) in [5.74, 6) is -5.08. The van der Waals surface area contributed by atoms with Gasteiger partial charge in [0, 0.05) is 70.8 Å². The van der Waals surface area contributed by atoms with Gasteiger partial charge in [0.1, 0.15) is 0 Å². The number of pyridine rings is 4. The maximum atomic E-state index is 11.8. The van der Waals surface area contributed by atoms with Crippen LogP contribution < -0.4 is 61.1 Å². The second-order valence-electron chi connectivity index (χ2n) is 21.2. The molecule has 0 atom stereocenters. The monoisotopic (exact) mass is 1240 g/mol. The molecule has 11 aromatic rings. The number of rotatable bonds is 16. The first-order valence-corrected chi connectivity index (χ1v) is 28.1. The maximum absolute atomic E-state index is 11.8. The quantitative estimate of drug-likeness (QED) is 0.100. The van der Waals surface area contributed by atoms with Gasteiger partial charge in [-0.3, -0.25) is 0 Å². The molecule has 0 saturated carbocycles. The number of carbonyl (C=O) groups is 4. The Labute approximate surface area is 531 Å². The average molecular weight is 1240 g/mol. The summed E-state index contributed by atoms with van der Waals surface area (Å²) < 4.78 is 8.27. The maximum Gasteiger partial charge on any atom is 3.00 e. The number of halogens is 1. The zero-order valence-electron chi connectivity index (χ0n) is 47.5. The number of nitrogens with zero attached hydrogens (tertiary/aromatic N) is 8. The van der Waals surface area contributed by atoms with Crippen LogP contribution in [0.4, 0.5) is 0 Å². The van der Waals surface area contributed by atoms with Crippen molar-refractivity contribution in [3.05, 3.63) is 286 Å². The second kappa shape index (κ2) is 26.0. The van der Waals surface area contributed by atoms with E-state index in [0.717, 1.165) is 45.0 Å². The Morgan fingerprint density at radius 2 is 0.522 bits per heavy atom. The van der Waals surface area contributed by atoms with Crippen molar-refractivity contribution in [3.63, 3.8) is 0 Å². The number of benzene rings is 4. The summed E-state index contributed by atoms with van der Waals surface area (Å²) in [6.07, 6.45) is 15.7. The fraction of sp³-hybridized carbons (Fsp3) is 0.0556. The molecule has 13 rings (SSSR count). The summed E-state index contributed by atoms with van der Waals surface area (Å²) in [4.78, 5) is 69.5. The van der Waals surface area contributed by atoms with Crippen molar-refractivity contribution in [1.29, 1.82) is 0 Å². The summed E-state index contributed by atoms with van der Waals surface area (Å²) in [6, 6.07) is 57.7. The number of fused-ring (bicyclic) bond motifs is 8. The van der Waals surface area contributed by atoms with Gasteiger partial charge in [-0.1, -0.05) is 121 Å². The van der Waals surface area contributed by atoms with Crippen LogP contribution in [0.1, 0.15) is 86.5 Å². The van der Waals surface area contributed by atoms with E-state index in [4.69, 9.17) is 19.9 Å². The normalized spacial score (nSPS) is 11.4. The number of carboxylic acids is 4. The molecule has 90 heavy (non-hydrogen) atoms. The Bertz CT molecular complexity index is 4270.